The van der Waals surface area contributed by atoms with Crippen molar-refractivity contribution < 1.29 is 19.3 Å². The first-order valence-corrected chi connectivity index (χ1v) is 2.23. The Morgan fingerprint density at radius 1 is 1.67 bits per heavy atom. The Hall–Kier alpha value is 0.0300. The highest BCUT2D eigenvalue weighted by Crippen LogP contribution is 1.59. The Balaban J connectivity index is 0. The first-order valence-electron chi connectivity index (χ1n) is 0.954. The highest BCUT2D eigenvalue weighted by molar-refractivity contribution is 7.78. The Bertz CT molecular complexity index is 42.8. The molecule has 0 rings (SSSR count). The lowest BCUT2D eigenvalue weighted by molar-refractivity contribution is 0.354. The van der Waals surface area contributed by atoms with Crippen LogP contribution >= 0.6 is 0 Å². The van der Waals surface area contributed by atoms with Crippen LogP contribution in [0.3, 0.4) is 0 Å². The van der Waals surface area contributed by atoms with Gasteiger partial charge in [-0.1, -0.05) is 0 Å². The third kappa shape index (κ3) is 8.98. The van der Waals surface area contributed by atoms with E-state index in [1.54, 1.807) is 0 Å². The van der Waals surface area contributed by atoms with Gasteiger partial charge in [-0.05, 0) is 0 Å². The van der Waals surface area contributed by atoms with E-state index in [2.05, 4.69) is 0 Å². The molecule has 0 aromatic heterocycles. The van der Waals surface area contributed by atoms with Crippen LogP contribution in [-0.2, 0) is 11.1 Å². The number of hydrogen-bond donors (Lipinski definition) is 2. The second-order valence-electron chi connectivity index (χ2n) is 0.451. The normalized spacial score (nSPS) is 12.3. The molecule has 1 atom stereocenters. The van der Waals surface area contributed by atoms with Gasteiger partial charge in [0, 0.05) is 0 Å². The average Bonchev–Trinajstić information content (AvgIpc) is 1.38. The monoisotopic (exact) mass is 114 g/mol. The fourth-order valence-electron chi connectivity index (χ4n) is 0. The van der Waals surface area contributed by atoms with Crippen molar-refractivity contribution >= 4 is 11.1 Å². The third-order valence-corrected chi connectivity index (χ3v) is 0.331. The minimum atomic E-state index is -2.02. The summed E-state index contributed by atoms with van der Waals surface area (Å²) >= 11 is -2.02. The third-order valence-electron chi connectivity index (χ3n) is 0.110. The minimum Gasteiger partial charge on any atom is -0.412 e. The zero-order chi connectivity index (χ0) is 4.28. The van der Waals surface area contributed by atoms with E-state index in [0.29, 0.717) is 0 Å². The molecule has 0 heterocycles. The Morgan fingerprint density at radius 2 is 1.83 bits per heavy atom. The van der Waals surface area contributed by atoms with Gasteiger partial charge >= 0.3 is 0 Å². The maximum atomic E-state index is 9.23. The highest BCUT2D eigenvalue weighted by Gasteiger charge is 1.77. The molecule has 0 aromatic carbocycles. The van der Waals surface area contributed by atoms with E-state index in [4.69, 9.17) is 9.66 Å². The van der Waals surface area contributed by atoms with E-state index < -0.39 is 17.0 Å². The van der Waals surface area contributed by atoms with E-state index in [1.807, 2.05) is 0 Å². The van der Waals surface area contributed by atoms with Crippen molar-refractivity contribution in [1.29, 1.82) is 0 Å². The van der Waals surface area contributed by atoms with Crippen molar-refractivity contribution in [2.45, 2.75) is 0 Å². The van der Waals surface area contributed by atoms with E-state index in [1.165, 1.54) is 0 Å². The van der Waals surface area contributed by atoms with Gasteiger partial charge < -0.3 is 15.1 Å². The molecule has 0 aromatic rings. The van der Waals surface area contributed by atoms with Crippen LogP contribution < -0.4 is 0 Å². The quantitative estimate of drug-likeness (QED) is 0.399. The Morgan fingerprint density at radius 3 is 1.83 bits per heavy atom. The van der Waals surface area contributed by atoms with Crippen LogP contribution in [0.15, 0.2) is 0 Å². The molecular weight excluding hydrogens is 108 g/mol. The van der Waals surface area contributed by atoms with E-state index in [0.717, 1.165) is 0 Å². The summed E-state index contributed by atoms with van der Waals surface area (Å²) in [4.78, 5) is 0. The summed E-state index contributed by atoms with van der Waals surface area (Å²) in [6.45, 7) is 0. The van der Waals surface area contributed by atoms with Crippen LogP contribution in [0.1, 0.15) is 0 Å². The van der Waals surface area contributed by atoms with Crippen molar-refractivity contribution in [3.63, 3.8) is 0 Å². The second-order valence-corrected chi connectivity index (χ2v) is 1.35. The molecule has 0 saturated heterocycles. The fraction of sp³-hybridized carbons (Fsp3) is 1.00. The molecule has 40 valence electrons. The van der Waals surface area contributed by atoms with Crippen LogP contribution in [0, 0.1) is 0 Å². The van der Waals surface area contributed by atoms with Gasteiger partial charge in [-0.25, -0.2) is 4.21 Å². The zero-order valence-electron chi connectivity index (χ0n) is 2.92. The molecule has 5 heteroatoms. The van der Waals surface area contributed by atoms with Gasteiger partial charge in [-0.15, -0.1) is 0 Å². The number of rotatable bonds is 1. The molecule has 0 spiro atoms. The maximum Gasteiger partial charge on any atom is 0.179 e. The molecule has 0 aliphatic rings. The number of aliphatic hydroxyl groups excluding tert-OH is 1. The van der Waals surface area contributed by atoms with Crippen LogP contribution in [0.4, 0.5) is 0 Å². The largest absolute Gasteiger partial charge is 0.412 e. The summed E-state index contributed by atoms with van der Waals surface area (Å²) in [7, 11) is 0. The van der Waals surface area contributed by atoms with Gasteiger partial charge in [-0.2, -0.15) is 0 Å². The highest BCUT2D eigenvalue weighted by atomic mass is 32.2. The Kier molecular flexibility index (Phi) is 7.88. The summed E-state index contributed by atoms with van der Waals surface area (Å²) in [5, 5.41) is 7.59. The van der Waals surface area contributed by atoms with Crippen molar-refractivity contribution in [2.75, 3.05) is 5.94 Å². The summed E-state index contributed by atoms with van der Waals surface area (Å²) in [5.74, 6) is -0.667. The van der Waals surface area contributed by atoms with Crippen LogP contribution in [0.2, 0.25) is 0 Å². The lowest BCUT2D eigenvalue weighted by atomic mass is 11.7. The maximum absolute atomic E-state index is 9.23. The first kappa shape index (κ1) is 9.39. The predicted octanol–water partition coefficient (Wildman–Crippen LogP) is -1.67. The van der Waals surface area contributed by atoms with Gasteiger partial charge in [0.2, 0.25) is 0 Å². The lowest BCUT2D eigenvalue weighted by Gasteiger charge is -1.73. The fourth-order valence-corrected chi connectivity index (χ4v) is 0. The molecule has 0 fully saturated rings. The topological polar surface area (TPSA) is 89.0 Å². The zero-order valence-corrected chi connectivity index (χ0v) is 3.73. The average molecular weight is 114 g/mol. The number of hydrogen-bond acceptors (Lipinski definition) is 2. The standard InChI is InChI=1S/CH4O3S.H2O/c2-1-5(3)4;/h2H,1H2,(H,3,4);1H2. The minimum absolute atomic E-state index is 0. The summed E-state index contributed by atoms with van der Waals surface area (Å²) in [5.41, 5.74) is 0. The first-order chi connectivity index (χ1) is 2.27. The summed E-state index contributed by atoms with van der Waals surface area (Å²) in [6, 6.07) is 0. The summed E-state index contributed by atoms with van der Waals surface area (Å²) in [6.07, 6.45) is 0. The molecule has 0 aliphatic carbocycles. The second kappa shape index (κ2) is 5.03. The molecule has 6 heavy (non-hydrogen) atoms. The molecule has 4 nitrogen and oxygen atoms in total. The van der Waals surface area contributed by atoms with Crippen LogP contribution in [-0.4, -0.2) is 25.3 Å². The van der Waals surface area contributed by atoms with Gasteiger partial charge in [0.25, 0.3) is 0 Å². The summed E-state index contributed by atoms with van der Waals surface area (Å²) < 4.78 is 16.8. The van der Waals surface area contributed by atoms with Gasteiger partial charge in [0.15, 0.2) is 11.1 Å². The molecule has 0 bridgehead atoms. The molecule has 1 unspecified atom stereocenters. The lowest BCUT2D eigenvalue weighted by Crippen LogP contribution is -1.89. The van der Waals surface area contributed by atoms with Gasteiger partial charge in [0.1, 0.15) is 5.94 Å². The van der Waals surface area contributed by atoms with Crippen molar-refractivity contribution in [1.82, 2.24) is 0 Å². The van der Waals surface area contributed by atoms with Crippen LogP contribution in [0.5, 0.6) is 0 Å². The predicted molar refractivity (Wildman–Crippen MR) is 21.5 cm³/mol. The molecule has 0 aliphatic heterocycles. The van der Waals surface area contributed by atoms with E-state index >= 15 is 0 Å². The van der Waals surface area contributed by atoms with Crippen LogP contribution in [0.25, 0.3) is 0 Å². The SMILES string of the molecule is O.O=S(O)CO. The van der Waals surface area contributed by atoms with E-state index in [9.17, 15) is 4.21 Å². The Labute approximate surface area is 37.4 Å². The van der Waals surface area contributed by atoms with Gasteiger partial charge in [0.05, 0.1) is 0 Å². The van der Waals surface area contributed by atoms with E-state index in [-0.39, 0.29) is 5.48 Å². The van der Waals surface area contributed by atoms with Crippen molar-refractivity contribution in [3.05, 3.63) is 0 Å². The molecule has 4 N–H and O–H groups in total. The molecule has 0 amide bonds. The van der Waals surface area contributed by atoms with Crippen molar-refractivity contribution in [3.8, 4) is 0 Å². The molecule has 0 radical (unpaired) electrons. The molecular formula is CH6O4S. The number of aliphatic hydroxyl groups is 1. The molecule has 0 saturated carbocycles. The van der Waals surface area contributed by atoms with Gasteiger partial charge in [-0.3, -0.25) is 0 Å². The smallest absolute Gasteiger partial charge is 0.179 e. The van der Waals surface area contributed by atoms with Crippen molar-refractivity contribution in [2.24, 2.45) is 0 Å².